The van der Waals surface area contributed by atoms with Crippen molar-refractivity contribution in [1.29, 1.82) is 0 Å². The molecular weight excluding hydrogens is 248 g/mol. The van der Waals surface area contributed by atoms with Gasteiger partial charge >= 0.3 is 0 Å². The van der Waals surface area contributed by atoms with Gasteiger partial charge in [0.2, 0.25) is 0 Å². The topological polar surface area (TPSA) is 24.5 Å². The lowest BCUT2D eigenvalue weighted by molar-refractivity contribution is 0.174. The van der Waals surface area contributed by atoms with E-state index in [0.29, 0.717) is 5.92 Å². The molecule has 1 heterocycles. The van der Waals surface area contributed by atoms with Crippen LogP contribution in [0.15, 0.2) is 24.3 Å². The number of hydrogen-bond donors (Lipinski definition) is 1. The van der Waals surface area contributed by atoms with Crippen molar-refractivity contribution in [2.24, 2.45) is 5.92 Å². The van der Waals surface area contributed by atoms with Crippen LogP contribution in [-0.4, -0.2) is 43.7 Å². The quantitative estimate of drug-likeness (QED) is 0.894. The van der Waals surface area contributed by atoms with Gasteiger partial charge in [0.25, 0.3) is 0 Å². The van der Waals surface area contributed by atoms with Crippen molar-refractivity contribution < 1.29 is 4.74 Å². The van der Waals surface area contributed by atoms with Crippen LogP contribution in [-0.2, 0) is 6.42 Å². The van der Waals surface area contributed by atoms with Crippen LogP contribution < -0.4 is 10.1 Å². The van der Waals surface area contributed by atoms with Crippen molar-refractivity contribution in [3.05, 3.63) is 29.8 Å². The van der Waals surface area contributed by atoms with E-state index < -0.39 is 0 Å². The van der Waals surface area contributed by atoms with Crippen LogP contribution >= 0.6 is 0 Å². The van der Waals surface area contributed by atoms with Crippen LogP contribution in [0.1, 0.15) is 26.3 Å². The zero-order valence-electron chi connectivity index (χ0n) is 13.3. The summed E-state index contributed by atoms with van der Waals surface area (Å²) >= 11 is 0. The van der Waals surface area contributed by atoms with Crippen molar-refractivity contribution >= 4 is 0 Å². The molecular formula is C17H28N2O. The number of nitrogens with zero attached hydrogens (tertiary/aromatic N) is 1. The predicted octanol–water partition coefficient (Wildman–Crippen LogP) is 2.56. The highest BCUT2D eigenvalue weighted by atomic mass is 16.5. The van der Waals surface area contributed by atoms with Gasteiger partial charge in [-0.15, -0.1) is 0 Å². The van der Waals surface area contributed by atoms with Crippen molar-refractivity contribution in [2.75, 3.05) is 33.3 Å². The highest BCUT2D eigenvalue weighted by Crippen LogP contribution is 2.26. The Hall–Kier alpha value is -1.06. The summed E-state index contributed by atoms with van der Waals surface area (Å²) in [6.45, 7) is 10.7. The summed E-state index contributed by atoms with van der Waals surface area (Å²) in [6.07, 6.45) is 1.13. The Morgan fingerprint density at radius 2 is 2.05 bits per heavy atom. The molecule has 2 rings (SSSR count). The van der Waals surface area contributed by atoms with Crippen molar-refractivity contribution in [1.82, 2.24) is 10.2 Å². The fourth-order valence-corrected chi connectivity index (χ4v) is 2.66. The van der Waals surface area contributed by atoms with E-state index >= 15 is 0 Å². The molecule has 0 radical (unpaired) electrons. The summed E-state index contributed by atoms with van der Waals surface area (Å²) in [4.78, 5) is 2.40. The third-order valence-corrected chi connectivity index (χ3v) is 3.67. The number of rotatable bonds is 5. The lowest BCUT2D eigenvalue weighted by Crippen LogP contribution is -2.42. The normalized spacial score (nSPS) is 18.8. The Morgan fingerprint density at radius 3 is 2.80 bits per heavy atom. The molecule has 1 aromatic carbocycles. The molecule has 1 aliphatic rings. The smallest absolute Gasteiger partial charge is 0.122 e. The Morgan fingerprint density at radius 1 is 1.30 bits per heavy atom. The molecule has 0 fully saturated rings. The minimum atomic E-state index is 0.202. The van der Waals surface area contributed by atoms with Gasteiger partial charge in [-0.3, -0.25) is 0 Å². The van der Waals surface area contributed by atoms with Gasteiger partial charge in [0.15, 0.2) is 0 Å². The summed E-state index contributed by atoms with van der Waals surface area (Å²) in [5.74, 6) is 1.67. The Kier molecular flexibility index (Phi) is 5.06. The minimum absolute atomic E-state index is 0.202. The van der Waals surface area contributed by atoms with Gasteiger partial charge in [-0.05, 0) is 45.9 Å². The largest absolute Gasteiger partial charge is 0.493 e. The summed E-state index contributed by atoms with van der Waals surface area (Å²) in [6, 6.07) is 8.40. The van der Waals surface area contributed by atoms with Gasteiger partial charge < -0.3 is 15.0 Å². The van der Waals surface area contributed by atoms with Crippen molar-refractivity contribution in [2.45, 2.75) is 32.7 Å². The van der Waals surface area contributed by atoms with Crippen molar-refractivity contribution in [3.8, 4) is 5.75 Å². The molecule has 1 aromatic rings. The number of fused-ring (bicyclic) bond motifs is 1. The highest BCUT2D eigenvalue weighted by Gasteiger charge is 2.20. The zero-order valence-corrected chi connectivity index (χ0v) is 13.3. The first-order chi connectivity index (χ1) is 9.44. The molecule has 1 aliphatic heterocycles. The van der Waals surface area contributed by atoms with Crippen molar-refractivity contribution in [3.63, 3.8) is 0 Å². The van der Waals surface area contributed by atoms with Gasteiger partial charge in [0, 0.05) is 31.1 Å². The number of likely N-dealkylation sites (N-methyl/N-ethyl adjacent to an activating group) is 1. The average Bonchev–Trinajstić information content (AvgIpc) is 2.37. The summed E-state index contributed by atoms with van der Waals surface area (Å²) in [5, 5.41) is 3.53. The summed E-state index contributed by atoms with van der Waals surface area (Å²) in [5.41, 5.74) is 1.55. The standard InChI is InChI=1S/C17H28N2O/c1-17(2,3)18-9-10-19(4)12-14-11-15-7-5-6-8-16(15)20-13-14/h5-8,14,18H,9-13H2,1-4H3. The lowest BCUT2D eigenvalue weighted by Gasteiger charge is -2.29. The molecule has 0 aliphatic carbocycles. The molecule has 1 N–H and O–H groups in total. The van der Waals surface area contributed by atoms with Crippen LogP contribution in [0.3, 0.4) is 0 Å². The van der Waals surface area contributed by atoms with Gasteiger partial charge in [0.05, 0.1) is 6.61 Å². The van der Waals surface area contributed by atoms with Gasteiger partial charge in [0.1, 0.15) is 5.75 Å². The maximum atomic E-state index is 5.85. The molecule has 0 saturated heterocycles. The highest BCUT2D eigenvalue weighted by molar-refractivity contribution is 5.35. The number of hydrogen-bond acceptors (Lipinski definition) is 3. The first kappa shape index (κ1) is 15.3. The molecule has 1 unspecified atom stereocenters. The Bertz CT molecular complexity index is 425. The third kappa shape index (κ3) is 4.80. The average molecular weight is 276 g/mol. The molecule has 0 aromatic heterocycles. The molecule has 0 bridgehead atoms. The van der Waals surface area contributed by atoms with Crippen LogP contribution in [0.25, 0.3) is 0 Å². The monoisotopic (exact) mass is 276 g/mol. The maximum absolute atomic E-state index is 5.85. The SMILES string of the molecule is CN(CCNC(C)(C)C)CC1COc2ccccc2C1. The fourth-order valence-electron chi connectivity index (χ4n) is 2.66. The van der Waals surface area contributed by atoms with E-state index in [1.165, 1.54) is 5.56 Å². The second kappa shape index (κ2) is 6.59. The maximum Gasteiger partial charge on any atom is 0.122 e. The molecule has 112 valence electrons. The van der Waals surface area contributed by atoms with Crippen LogP contribution in [0.5, 0.6) is 5.75 Å². The van der Waals surface area contributed by atoms with Gasteiger partial charge in [-0.1, -0.05) is 18.2 Å². The van der Waals surface area contributed by atoms with E-state index in [2.05, 4.69) is 56.2 Å². The molecule has 0 saturated carbocycles. The number of nitrogens with one attached hydrogen (secondary N) is 1. The fraction of sp³-hybridized carbons (Fsp3) is 0.647. The molecule has 20 heavy (non-hydrogen) atoms. The summed E-state index contributed by atoms with van der Waals surface area (Å²) < 4.78 is 5.85. The van der Waals surface area contributed by atoms with E-state index in [0.717, 1.165) is 38.4 Å². The third-order valence-electron chi connectivity index (χ3n) is 3.67. The lowest BCUT2D eigenvalue weighted by atomic mass is 9.96. The van der Waals surface area contributed by atoms with E-state index in [1.807, 2.05) is 6.07 Å². The number of para-hydroxylation sites is 1. The molecule has 3 heteroatoms. The summed E-state index contributed by atoms with van der Waals surface area (Å²) in [7, 11) is 2.20. The first-order valence-corrected chi connectivity index (χ1v) is 7.58. The molecule has 1 atom stereocenters. The van der Waals surface area contributed by atoms with E-state index in [1.54, 1.807) is 0 Å². The zero-order chi connectivity index (χ0) is 14.6. The number of benzene rings is 1. The Labute approximate surface area is 123 Å². The molecule has 3 nitrogen and oxygen atoms in total. The van der Waals surface area contributed by atoms with E-state index in [9.17, 15) is 0 Å². The van der Waals surface area contributed by atoms with E-state index in [4.69, 9.17) is 4.74 Å². The van der Waals surface area contributed by atoms with Crippen LogP contribution in [0.2, 0.25) is 0 Å². The van der Waals surface area contributed by atoms with E-state index in [-0.39, 0.29) is 5.54 Å². The predicted molar refractivity (Wildman–Crippen MR) is 84.4 cm³/mol. The molecule has 0 spiro atoms. The van der Waals surface area contributed by atoms with Crippen LogP contribution in [0.4, 0.5) is 0 Å². The van der Waals surface area contributed by atoms with Gasteiger partial charge in [-0.25, -0.2) is 0 Å². The second-order valence-corrected chi connectivity index (χ2v) is 6.93. The van der Waals surface area contributed by atoms with Crippen LogP contribution in [0, 0.1) is 5.92 Å². The Balaban J connectivity index is 1.75. The number of ether oxygens (including phenoxy) is 1. The minimum Gasteiger partial charge on any atom is -0.493 e. The first-order valence-electron chi connectivity index (χ1n) is 7.58. The second-order valence-electron chi connectivity index (χ2n) is 6.93. The van der Waals surface area contributed by atoms with Gasteiger partial charge in [-0.2, -0.15) is 0 Å². The molecule has 0 amide bonds.